The molecule has 0 spiro atoms. The first-order valence-electron chi connectivity index (χ1n) is 6.98. The van der Waals surface area contributed by atoms with E-state index in [0.717, 1.165) is 38.6 Å². The summed E-state index contributed by atoms with van der Waals surface area (Å²) in [5.41, 5.74) is 6.25. The predicted octanol–water partition coefficient (Wildman–Crippen LogP) is 2.71. The molecular weight excluding hydrogens is 353 g/mol. The minimum Gasteiger partial charge on any atom is -0.385 e. The second-order valence-electron chi connectivity index (χ2n) is 6.27. The number of aliphatic imine (C=N–C) groups is 1. The highest BCUT2D eigenvalue weighted by Crippen LogP contribution is 2.21. The lowest BCUT2D eigenvalue weighted by Gasteiger charge is -2.32. The van der Waals surface area contributed by atoms with Crippen molar-refractivity contribution in [3.8, 4) is 0 Å². The molecule has 0 bridgehead atoms. The highest BCUT2D eigenvalue weighted by molar-refractivity contribution is 14.0. The molecule has 1 aliphatic rings. The van der Waals surface area contributed by atoms with Gasteiger partial charge in [0.15, 0.2) is 5.96 Å². The van der Waals surface area contributed by atoms with E-state index in [1.165, 1.54) is 12.8 Å². The first-order chi connectivity index (χ1) is 8.44. The summed E-state index contributed by atoms with van der Waals surface area (Å²) >= 11 is 0. The molecule has 2 N–H and O–H groups in total. The van der Waals surface area contributed by atoms with Crippen LogP contribution >= 0.6 is 24.0 Å². The van der Waals surface area contributed by atoms with Gasteiger partial charge >= 0.3 is 0 Å². The Hall–Kier alpha value is -0.0400. The molecule has 1 saturated heterocycles. The van der Waals surface area contributed by atoms with Crippen LogP contribution in [0.2, 0.25) is 0 Å². The molecule has 19 heavy (non-hydrogen) atoms. The lowest BCUT2D eigenvalue weighted by Crippen LogP contribution is -2.44. The highest BCUT2D eigenvalue weighted by atomic mass is 127. The van der Waals surface area contributed by atoms with Crippen LogP contribution in [0.15, 0.2) is 4.99 Å². The van der Waals surface area contributed by atoms with Gasteiger partial charge in [-0.2, -0.15) is 0 Å². The van der Waals surface area contributed by atoms with Crippen molar-refractivity contribution in [2.24, 2.45) is 22.1 Å². The zero-order valence-corrected chi connectivity index (χ0v) is 15.1. The van der Waals surface area contributed by atoms with Crippen LogP contribution in [0.4, 0.5) is 0 Å². The summed E-state index contributed by atoms with van der Waals surface area (Å²) in [6.45, 7) is 10.4. The molecule has 1 rings (SSSR count). The Balaban J connectivity index is 0.00000324. The van der Waals surface area contributed by atoms with Crippen LogP contribution in [0.1, 0.15) is 40.0 Å². The van der Waals surface area contributed by atoms with Gasteiger partial charge in [-0.05, 0) is 30.6 Å². The number of methoxy groups -OCH3 is 1. The van der Waals surface area contributed by atoms with Crippen molar-refractivity contribution in [1.29, 1.82) is 0 Å². The Labute approximate surface area is 135 Å². The van der Waals surface area contributed by atoms with Crippen molar-refractivity contribution < 1.29 is 4.74 Å². The van der Waals surface area contributed by atoms with Crippen LogP contribution in [0.3, 0.4) is 0 Å². The zero-order chi connectivity index (χ0) is 13.6. The van der Waals surface area contributed by atoms with Crippen molar-refractivity contribution in [3.63, 3.8) is 0 Å². The number of hydrogen-bond acceptors (Lipinski definition) is 2. The van der Waals surface area contributed by atoms with Gasteiger partial charge in [0.1, 0.15) is 0 Å². The third-order valence-corrected chi connectivity index (χ3v) is 3.63. The number of nitrogens with two attached hydrogens (primary N) is 1. The molecule has 1 heterocycles. The largest absolute Gasteiger partial charge is 0.385 e. The number of ether oxygens (including phenoxy) is 1. The SMILES string of the molecule is COCCC(C)(C)CN=C(N)N1CCCC(C)C1.I. The van der Waals surface area contributed by atoms with Crippen LogP contribution in [-0.4, -0.2) is 44.2 Å². The third-order valence-electron chi connectivity index (χ3n) is 3.63. The van der Waals surface area contributed by atoms with Crippen LogP contribution in [0.25, 0.3) is 0 Å². The Morgan fingerprint density at radius 2 is 2.16 bits per heavy atom. The molecule has 1 fully saturated rings. The van der Waals surface area contributed by atoms with Gasteiger partial charge < -0.3 is 15.4 Å². The van der Waals surface area contributed by atoms with E-state index in [0.29, 0.717) is 5.96 Å². The van der Waals surface area contributed by atoms with E-state index in [2.05, 4.69) is 30.7 Å². The van der Waals surface area contributed by atoms with Crippen molar-refractivity contribution in [2.45, 2.75) is 40.0 Å². The van der Waals surface area contributed by atoms with Crippen molar-refractivity contribution in [3.05, 3.63) is 0 Å². The molecule has 4 nitrogen and oxygen atoms in total. The molecule has 5 heteroatoms. The number of piperidine rings is 1. The van der Waals surface area contributed by atoms with E-state index in [-0.39, 0.29) is 29.4 Å². The van der Waals surface area contributed by atoms with Crippen LogP contribution in [0, 0.1) is 11.3 Å². The quantitative estimate of drug-likeness (QED) is 0.451. The van der Waals surface area contributed by atoms with E-state index in [1.54, 1.807) is 7.11 Å². The van der Waals surface area contributed by atoms with E-state index in [4.69, 9.17) is 10.5 Å². The van der Waals surface area contributed by atoms with Gasteiger partial charge in [-0.15, -0.1) is 24.0 Å². The summed E-state index contributed by atoms with van der Waals surface area (Å²) in [7, 11) is 1.74. The fraction of sp³-hybridized carbons (Fsp3) is 0.929. The van der Waals surface area contributed by atoms with E-state index >= 15 is 0 Å². The molecule has 1 atom stereocenters. The number of likely N-dealkylation sites (tertiary alicyclic amines) is 1. The van der Waals surface area contributed by atoms with Crippen molar-refractivity contribution >= 4 is 29.9 Å². The summed E-state index contributed by atoms with van der Waals surface area (Å²) in [5, 5.41) is 0. The topological polar surface area (TPSA) is 50.9 Å². The molecule has 0 aromatic carbocycles. The average Bonchev–Trinajstić information content (AvgIpc) is 2.34. The Morgan fingerprint density at radius 1 is 1.47 bits per heavy atom. The first-order valence-corrected chi connectivity index (χ1v) is 6.98. The van der Waals surface area contributed by atoms with Crippen molar-refractivity contribution in [1.82, 2.24) is 4.90 Å². The molecule has 0 amide bonds. The Morgan fingerprint density at radius 3 is 2.74 bits per heavy atom. The number of halogens is 1. The molecule has 1 unspecified atom stereocenters. The summed E-state index contributed by atoms with van der Waals surface area (Å²) in [6.07, 6.45) is 3.55. The fourth-order valence-corrected chi connectivity index (χ4v) is 2.25. The summed E-state index contributed by atoms with van der Waals surface area (Å²) in [6, 6.07) is 0. The molecular formula is C14H30IN3O. The number of nitrogens with zero attached hydrogens (tertiary/aromatic N) is 2. The van der Waals surface area contributed by atoms with Gasteiger partial charge in [-0.1, -0.05) is 20.8 Å². The molecule has 0 aromatic rings. The lowest BCUT2D eigenvalue weighted by atomic mass is 9.90. The van der Waals surface area contributed by atoms with Crippen molar-refractivity contribution in [2.75, 3.05) is 33.4 Å². The number of rotatable bonds is 5. The molecule has 0 saturated carbocycles. The molecule has 0 radical (unpaired) electrons. The van der Waals surface area contributed by atoms with Crippen LogP contribution in [0.5, 0.6) is 0 Å². The third kappa shape index (κ3) is 7.34. The van der Waals surface area contributed by atoms with E-state index in [1.807, 2.05) is 0 Å². The minimum atomic E-state index is 0. The smallest absolute Gasteiger partial charge is 0.191 e. The zero-order valence-electron chi connectivity index (χ0n) is 12.8. The molecule has 0 aliphatic carbocycles. The van der Waals surface area contributed by atoms with Gasteiger partial charge in [-0.25, -0.2) is 0 Å². The molecule has 1 aliphatic heterocycles. The van der Waals surface area contributed by atoms with Gasteiger partial charge in [0.05, 0.1) is 0 Å². The second-order valence-corrected chi connectivity index (χ2v) is 6.27. The number of guanidine groups is 1. The van der Waals surface area contributed by atoms with Gasteiger partial charge in [0.2, 0.25) is 0 Å². The summed E-state index contributed by atoms with van der Waals surface area (Å²) < 4.78 is 5.12. The average molecular weight is 383 g/mol. The van der Waals surface area contributed by atoms with E-state index in [9.17, 15) is 0 Å². The standard InChI is InChI=1S/C14H29N3O.HI/c1-12-6-5-8-17(10-12)13(15)16-11-14(2,3)7-9-18-4;/h12H,5-11H2,1-4H3,(H2,15,16);1H. The first kappa shape index (κ1) is 19.0. The molecule has 114 valence electrons. The molecule has 0 aromatic heterocycles. The highest BCUT2D eigenvalue weighted by Gasteiger charge is 2.20. The van der Waals surface area contributed by atoms with E-state index < -0.39 is 0 Å². The summed E-state index contributed by atoms with van der Waals surface area (Å²) in [5.74, 6) is 1.45. The second kappa shape index (κ2) is 9.00. The Kier molecular flexibility index (Phi) is 8.98. The maximum atomic E-state index is 6.09. The maximum Gasteiger partial charge on any atom is 0.191 e. The summed E-state index contributed by atoms with van der Waals surface area (Å²) in [4.78, 5) is 6.79. The Bertz CT molecular complexity index is 282. The predicted molar refractivity (Wildman–Crippen MR) is 92.1 cm³/mol. The van der Waals surface area contributed by atoms with Crippen LogP contribution < -0.4 is 5.73 Å². The monoisotopic (exact) mass is 383 g/mol. The van der Waals surface area contributed by atoms with Crippen LogP contribution in [-0.2, 0) is 4.74 Å². The minimum absolute atomic E-state index is 0. The van der Waals surface area contributed by atoms with Gasteiger partial charge in [0.25, 0.3) is 0 Å². The normalized spacial score (nSPS) is 21.2. The van der Waals surface area contributed by atoms with Gasteiger partial charge in [-0.3, -0.25) is 4.99 Å². The fourth-order valence-electron chi connectivity index (χ4n) is 2.25. The lowest BCUT2D eigenvalue weighted by molar-refractivity contribution is 0.155. The van der Waals surface area contributed by atoms with Gasteiger partial charge in [0, 0.05) is 33.4 Å². The number of hydrogen-bond donors (Lipinski definition) is 1. The maximum absolute atomic E-state index is 6.09.